The number of pyridine rings is 1. The molecule has 0 bridgehead atoms. The Kier molecular flexibility index (Phi) is 2.67. The molecule has 0 spiro atoms. The van der Waals surface area contributed by atoms with Crippen LogP contribution in [0.2, 0.25) is 0 Å². The maximum atomic E-state index is 4.36. The van der Waals surface area contributed by atoms with Crippen molar-refractivity contribution in [2.24, 2.45) is 0 Å². The summed E-state index contributed by atoms with van der Waals surface area (Å²) in [6.07, 6.45) is 10.3. The van der Waals surface area contributed by atoms with Crippen molar-refractivity contribution in [1.29, 1.82) is 0 Å². The molecular formula is C13H17N. The van der Waals surface area contributed by atoms with Crippen molar-refractivity contribution in [3.8, 4) is 0 Å². The van der Waals surface area contributed by atoms with Crippen molar-refractivity contribution < 1.29 is 0 Å². The molecule has 1 heteroatoms. The topological polar surface area (TPSA) is 12.9 Å². The predicted octanol–water partition coefficient (Wildman–Crippen LogP) is 3.39. The standard InChI is InChI=1S/C13H17N/c1-3-5-11-6-4-7-12-9-14-10(2)8-13(11)12/h3,5,8-9,11H,4,6-7H2,1-2H3/b5-3+. The number of aromatic nitrogens is 1. The molecule has 1 nitrogen and oxygen atoms in total. The highest BCUT2D eigenvalue weighted by atomic mass is 14.7. The molecular weight excluding hydrogens is 170 g/mol. The van der Waals surface area contributed by atoms with Gasteiger partial charge in [0, 0.05) is 17.8 Å². The van der Waals surface area contributed by atoms with Gasteiger partial charge in [-0.3, -0.25) is 4.98 Å². The van der Waals surface area contributed by atoms with Crippen LogP contribution in [-0.4, -0.2) is 4.98 Å². The first-order valence-corrected chi connectivity index (χ1v) is 5.39. The number of hydrogen-bond acceptors (Lipinski definition) is 1. The third-order valence-electron chi connectivity index (χ3n) is 2.94. The molecule has 1 atom stereocenters. The van der Waals surface area contributed by atoms with E-state index in [9.17, 15) is 0 Å². The molecule has 0 fully saturated rings. The van der Waals surface area contributed by atoms with Crippen LogP contribution < -0.4 is 0 Å². The van der Waals surface area contributed by atoms with E-state index in [1.807, 2.05) is 0 Å². The minimum atomic E-state index is 0.630. The van der Waals surface area contributed by atoms with Gasteiger partial charge in [-0.1, -0.05) is 12.2 Å². The van der Waals surface area contributed by atoms with Crippen molar-refractivity contribution in [3.63, 3.8) is 0 Å². The second-order valence-corrected chi connectivity index (χ2v) is 4.05. The summed E-state index contributed by atoms with van der Waals surface area (Å²) < 4.78 is 0. The fourth-order valence-electron chi connectivity index (χ4n) is 2.26. The SMILES string of the molecule is C/C=C/C1CCCc2cnc(C)cc21. The zero-order valence-corrected chi connectivity index (χ0v) is 8.96. The Hall–Kier alpha value is -1.11. The van der Waals surface area contributed by atoms with E-state index in [4.69, 9.17) is 0 Å². The van der Waals surface area contributed by atoms with Crippen LogP contribution in [0, 0.1) is 6.92 Å². The van der Waals surface area contributed by atoms with Gasteiger partial charge >= 0.3 is 0 Å². The summed E-state index contributed by atoms with van der Waals surface area (Å²) in [6, 6.07) is 2.25. The van der Waals surface area contributed by atoms with Gasteiger partial charge in [-0.2, -0.15) is 0 Å². The first-order valence-electron chi connectivity index (χ1n) is 5.39. The highest BCUT2D eigenvalue weighted by Crippen LogP contribution is 2.32. The summed E-state index contributed by atoms with van der Waals surface area (Å²) >= 11 is 0. The van der Waals surface area contributed by atoms with Gasteiger partial charge in [-0.25, -0.2) is 0 Å². The third kappa shape index (κ3) is 1.72. The molecule has 0 saturated heterocycles. The number of aryl methyl sites for hydroxylation is 2. The normalized spacial score (nSPS) is 21.1. The van der Waals surface area contributed by atoms with Gasteiger partial charge in [-0.15, -0.1) is 0 Å². The monoisotopic (exact) mass is 187 g/mol. The summed E-state index contributed by atoms with van der Waals surface area (Å²) in [5.74, 6) is 0.630. The molecule has 0 N–H and O–H groups in total. The van der Waals surface area contributed by atoms with Crippen LogP contribution in [0.5, 0.6) is 0 Å². The highest BCUT2D eigenvalue weighted by molar-refractivity contribution is 5.34. The Balaban J connectivity index is 2.41. The largest absolute Gasteiger partial charge is 0.261 e. The highest BCUT2D eigenvalue weighted by Gasteiger charge is 2.17. The van der Waals surface area contributed by atoms with E-state index in [1.54, 1.807) is 0 Å². The molecule has 0 aromatic carbocycles. The average molecular weight is 187 g/mol. The Morgan fingerprint density at radius 2 is 2.36 bits per heavy atom. The first-order chi connectivity index (χ1) is 6.81. The summed E-state index contributed by atoms with van der Waals surface area (Å²) in [6.45, 7) is 4.17. The van der Waals surface area contributed by atoms with Crippen molar-refractivity contribution in [2.75, 3.05) is 0 Å². The lowest BCUT2D eigenvalue weighted by atomic mass is 9.83. The zero-order valence-electron chi connectivity index (χ0n) is 8.96. The van der Waals surface area contributed by atoms with Crippen LogP contribution >= 0.6 is 0 Å². The molecule has 14 heavy (non-hydrogen) atoms. The third-order valence-corrected chi connectivity index (χ3v) is 2.94. The Bertz CT molecular complexity index is 352. The fourth-order valence-corrected chi connectivity index (χ4v) is 2.26. The van der Waals surface area contributed by atoms with Crippen LogP contribution in [0.1, 0.15) is 42.5 Å². The smallest absolute Gasteiger partial charge is 0.0375 e. The molecule has 0 aliphatic heterocycles. The number of fused-ring (bicyclic) bond motifs is 1. The summed E-state index contributed by atoms with van der Waals surface area (Å²) in [5, 5.41) is 0. The van der Waals surface area contributed by atoms with Gasteiger partial charge in [0.2, 0.25) is 0 Å². The molecule has 1 aliphatic rings. The zero-order chi connectivity index (χ0) is 9.97. The van der Waals surface area contributed by atoms with Gasteiger partial charge in [0.1, 0.15) is 0 Å². The molecule has 1 aromatic rings. The lowest BCUT2D eigenvalue weighted by Crippen LogP contribution is -2.08. The van der Waals surface area contributed by atoms with E-state index >= 15 is 0 Å². The van der Waals surface area contributed by atoms with Gasteiger partial charge in [0.15, 0.2) is 0 Å². The second kappa shape index (κ2) is 3.95. The molecule has 2 rings (SSSR count). The molecule has 1 unspecified atom stereocenters. The van der Waals surface area contributed by atoms with Crippen LogP contribution in [0.3, 0.4) is 0 Å². The van der Waals surface area contributed by atoms with E-state index < -0.39 is 0 Å². The maximum Gasteiger partial charge on any atom is 0.0375 e. The number of rotatable bonds is 1. The van der Waals surface area contributed by atoms with E-state index in [1.165, 1.54) is 30.4 Å². The average Bonchev–Trinajstić information content (AvgIpc) is 2.19. The van der Waals surface area contributed by atoms with Crippen LogP contribution in [0.25, 0.3) is 0 Å². The number of nitrogens with zero attached hydrogens (tertiary/aromatic N) is 1. The van der Waals surface area contributed by atoms with Crippen molar-refractivity contribution in [2.45, 2.75) is 39.0 Å². The van der Waals surface area contributed by atoms with Crippen molar-refractivity contribution >= 4 is 0 Å². The van der Waals surface area contributed by atoms with E-state index in [0.29, 0.717) is 5.92 Å². The van der Waals surface area contributed by atoms with Crippen LogP contribution in [-0.2, 0) is 6.42 Å². The molecule has 1 heterocycles. The van der Waals surface area contributed by atoms with Crippen molar-refractivity contribution in [1.82, 2.24) is 4.98 Å². The van der Waals surface area contributed by atoms with E-state index in [0.717, 1.165) is 5.69 Å². The summed E-state index contributed by atoms with van der Waals surface area (Å²) in [4.78, 5) is 4.36. The molecule has 1 aliphatic carbocycles. The van der Waals surface area contributed by atoms with Gasteiger partial charge in [-0.05, 0) is 50.3 Å². The second-order valence-electron chi connectivity index (χ2n) is 4.05. The van der Waals surface area contributed by atoms with Crippen LogP contribution in [0.15, 0.2) is 24.4 Å². The summed E-state index contributed by atoms with van der Waals surface area (Å²) in [7, 11) is 0. The van der Waals surface area contributed by atoms with Gasteiger partial charge in [0.25, 0.3) is 0 Å². The molecule has 0 saturated carbocycles. The minimum absolute atomic E-state index is 0.630. The maximum absolute atomic E-state index is 4.36. The van der Waals surface area contributed by atoms with Crippen molar-refractivity contribution in [3.05, 3.63) is 41.2 Å². The van der Waals surface area contributed by atoms with E-state index in [-0.39, 0.29) is 0 Å². The minimum Gasteiger partial charge on any atom is -0.261 e. The molecule has 0 radical (unpaired) electrons. The number of hydrogen-bond donors (Lipinski definition) is 0. The fraction of sp³-hybridized carbons (Fsp3) is 0.462. The van der Waals surface area contributed by atoms with Gasteiger partial charge in [0.05, 0.1) is 0 Å². The first kappa shape index (κ1) is 9.45. The predicted molar refractivity (Wildman–Crippen MR) is 59.5 cm³/mol. The Morgan fingerprint density at radius 1 is 1.50 bits per heavy atom. The molecule has 74 valence electrons. The Labute approximate surface area is 85.9 Å². The van der Waals surface area contributed by atoms with E-state index in [2.05, 4.69) is 43.2 Å². The quantitative estimate of drug-likeness (QED) is 0.614. The summed E-state index contributed by atoms with van der Waals surface area (Å²) in [5.41, 5.74) is 4.09. The molecule has 1 aromatic heterocycles. The van der Waals surface area contributed by atoms with Gasteiger partial charge < -0.3 is 0 Å². The lowest BCUT2D eigenvalue weighted by Gasteiger charge is -2.22. The number of allylic oxidation sites excluding steroid dienone is 2. The Morgan fingerprint density at radius 3 is 3.14 bits per heavy atom. The lowest BCUT2D eigenvalue weighted by molar-refractivity contribution is 0.625. The van der Waals surface area contributed by atoms with Crippen LogP contribution in [0.4, 0.5) is 0 Å². The molecule has 0 amide bonds.